The summed E-state index contributed by atoms with van der Waals surface area (Å²) in [7, 11) is 0. The van der Waals surface area contributed by atoms with Gasteiger partial charge in [0.2, 0.25) is 11.0 Å². The van der Waals surface area contributed by atoms with Crippen molar-refractivity contribution < 1.29 is 47.8 Å². The molecule has 37 heavy (non-hydrogen) atoms. The maximum Gasteiger partial charge on any atom is 0.212 e. The molecule has 0 amide bonds. The fourth-order valence-corrected chi connectivity index (χ4v) is 4.57. The normalized spacial score (nSPS) is 10.5. The number of rotatable bonds is 6. The third-order valence-electron chi connectivity index (χ3n) is 6.36. The van der Waals surface area contributed by atoms with E-state index in [4.69, 9.17) is 4.74 Å². The van der Waals surface area contributed by atoms with Crippen LogP contribution in [0.2, 0.25) is 0 Å². The third kappa shape index (κ3) is 6.07. The van der Waals surface area contributed by atoms with Crippen LogP contribution in [0.4, 0.5) is 0 Å². The molecule has 0 aliphatic rings. The average molecular weight is 614 g/mol. The number of hydrogen-bond acceptors (Lipinski definition) is 1. The van der Waals surface area contributed by atoms with Crippen LogP contribution in [0.15, 0.2) is 134 Å². The molecule has 0 fully saturated rings. The highest BCUT2D eigenvalue weighted by Crippen LogP contribution is 2.22. The van der Waals surface area contributed by atoms with E-state index in [1.54, 1.807) is 0 Å². The van der Waals surface area contributed by atoms with Gasteiger partial charge in [-0.05, 0) is 72.8 Å². The lowest BCUT2D eigenvalue weighted by atomic mass is 10.1. The van der Waals surface area contributed by atoms with Crippen molar-refractivity contribution in [1.82, 2.24) is 0 Å². The second-order valence-corrected chi connectivity index (χ2v) is 8.78. The third-order valence-corrected chi connectivity index (χ3v) is 6.36. The Hall–Kier alpha value is -3.54. The van der Waals surface area contributed by atoms with Gasteiger partial charge in [-0.2, -0.15) is 9.13 Å². The summed E-state index contributed by atoms with van der Waals surface area (Å²) in [6.07, 6.45) is 4.26. The summed E-state index contributed by atoms with van der Waals surface area (Å²) in [6, 6.07) is 42.1. The molecule has 2 aromatic heterocycles. The van der Waals surface area contributed by atoms with Crippen LogP contribution in [-0.4, -0.2) is 0 Å². The molecule has 0 atom stereocenters. The van der Waals surface area contributed by atoms with E-state index in [1.807, 2.05) is 24.3 Å². The lowest BCUT2D eigenvalue weighted by molar-refractivity contribution is -0.662. The molecule has 2 heterocycles. The highest BCUT2D eigenvalue weighted by Gasteiger charge is 2.10. The largest absolute Gasteiger partial charge is 1.00 e. The predicted molar refractivity (Wildman–Crippen MR) is 139 cm³/mol. The van der Waals surface area contributed by atoms with Crippen molar-refractivity contribution >= 4 is 21.8 Å². The fraction of sp³-hybridized carbons (Fsp3) is 0.0625. The monoisotopic (exact) mass is 612 g/mol. The Morgan fingerprint density at radius 1 is 0.432 bits per heavy atom. The van der Waals surface area contributed by atoms with E-state index in [0.29, 0.717) is 0 Å². The Morgan fingerprint density at radius 2 is 0.811 bits per heavy atom. The molecule has 0 radical (unpaired) electrons. The van der Waals surface area contributed by atoms with Crippen LogP contribution >= 0.6 is 0 Å². The molecule has 6 aromatic rings. The second-order valence-electron chi connectivity index (χ2n) is 8.78. The summed E-state index contributed by atoms with van der Waals surface area (Å²) in [6.45, 7) is 1.64. The SMILES string of the molecule is [Br-].[Br-].c1ccc2c(c1)ccc[n+]2Cc1ccc(Oc2ccc(C[n+]3cccc4ccccc43)cc2)cc1. The van der Waals surface area contributed by atoms with Gasteiger partial charge in [0.15, 0.2) is 25.5 Å². The number of para-hydroxylation sites is 2. The standard InChI is InChI=1S/C32H26N2O.2BrH/c1-3-11-31-27(7-1)9-5-21-33(31)23-25-13-17-29(18-14-25)35-30-19-15-26(16-20-30)24-34-22-6-10-28-8-2-4-12-32(28)34;;/h1-22H,23-24H2;2*1H/q+2;;/p-2. The number of halogens is 2. The van der Waals surface area contributed by atoms with Crippen molar-refractivity contribution in [2.24, 2.45) is 0 Å². The minimum absolute atomic E-state index is 0. The molecule has 184 valence electrons. The molecule has 0 bridgehead atoms. The number of benzene rings is 4. The zero-order valence-electron chi connectivity index (χ0n) is 20.2. The van der Waals surface area contributed by atoms with E-state index in [1.165, 1.54) is 32.9 Å². The van der Waals surface area contributed by atoms with E-state index in [0.717, 1.165) is 24.6 Å². The zero-order valence-corrected chi connectivity index (χ0v) is 23.3. The molecule has 0 N–H and O–H groups in total. The van der Waals surface area contributed by atoms with Crippen LogP contribution in [-0.2, 0) is 13.1 Å². The van der Waals surface area contributed by atoms with Crippen LogP contribution in [0.1, 0.15) is 11.1 Å². The molecule has 0 aliphatic carbocycles. The molecule has 0 aliphatic heterocycles. The molecule has 5 heteroatoms. The minimum Gasteiger partial charge on any atom is -1.00 e. The van der Waals surface area contributed by atoms with Gasteiger partial charge in [0.25, 0.3) is 0 Å². The predicted octanol–water partition coefficient (Wildman–Crippen LogP) is 0.465. The minimum atomic E-state index is 0. The first-order valence-electron chi connectivity index (χ1n) is 11.9. The molecular formula is C32H26Br2N2O. The summed E-state index contributed by atoms with van der Waals surface area (Å²) in [5.74, 6) is 1.68. The van der Waals surface area contributed by atoms with Crippen LogP contribution in [0.25, 0.3) is 21.8 Å². The van der Waals surface area contributed by atoms with Gasteiger partial charge >= 0.3 is 0 Å². The molecule has 0 saturated carbocycles. The molecule has 6 rings (SSSR count). The first-order chi connectivity index (χ1) is 17.3. The molecule has 0 unspecified atom stereocenters. The maximum absolute atomic E-state index is 6.12. The van der Waals surface area contributed by atoms with Gasteiger partial charge < -0.3 is 38.7 Å². The quantitative estimate of drug-likeness (QED) is 0.250. The lowest BCUT2D eigenvalue weighted by Crippen LogP contribution is -3.00. The van der Waals surface area contributed by atoms with E-state index in [2.05, 4.69) is 119 Å². The Kier molecular flexibility index (Phi) is 8.70. The zero-order chi connectivity index (χ0) is 23.5. The van der Waals surface area contributed by atoms with Crippen molar-refractivity contribution in [2.45, 2.75) is 13.1 Å². The van der Waals surface area contributed by atoms with Gasteiger partial charge in [-0.15, -0.1) is 0 Å². The number of fused-ring (bicyclic) bond motifs is 2. The van der Waals surface area contributed by atoms with Crippen LogP contribution in [0, 0.1) is 0 Å². The number of pyridine rings is 2. The van der Waals surface area contributed by atoms with E-state index in [9.17, 15) is 0 Å². The fourth-order valence-electron chi connectivity index (χ4n) is 4.57. The number of ether oxygens (including phenoxy) is 1. The van der Waals surface area contributed by atoms with Crippen molar-refractivity contribution in [3.63, 3.8) is 0 Å². The Morgan fingerprint density at radius 3 is 1.24 bits per heavy atom. The summed E-state index contributed by atoms with van der Waals surface area (Å²) in [4.78, 5) is 0. The average Bonchev–Trinajstić information content (AvgIpc) is 2.91. The van der Waals surface area contributed by atoms with Gasteiger partial charge in [-0.1, -0.05) is 24.3 Å². The van der Waals surface area contributed by atoms with Crippen molar-refractivity contribution in [3.8, 4) is 11.5 Å². The van der Waals surface area contributed by atoms with Gasteiger partial charge in [0, 0.05) is 46.2 Å². The molecule has 0 spiro atoms. The van der Waals surface area contributed by atoms with E-state index >= 15 is 0 Å². The van der Waals surface area contributed by atoms with Crippen LogP contribution < -0.4 is 47.8 Å². The van der Waals surface area contributed by atoms with E-state index < -0.39 is 0 Å². The summed E-state index contributed by atoms with van der Waals surface area (Å²) in [5, 5.41) is 2.49. The highest BCUT2D eigenvalue weighted by atomic mass is 79.9. The van der Waals surface area contributed by atoms with Crippen molar-refractivity contribution in [1.29, 1.82) is 0 Å². The van der Waals surface area contributed by atoms with E-state index in [-0.39, 0.29) is 34.0 Å². The number of nitrogens with zero attached hydrogens (tertiary/aromatic N) is 2. The van der Waals surface area contributed by atoms with Gasteiger partial charge in [0.05, 0.1) is 0 Å². The van der Waals surface area contributed by atoms with Gasteiger partial charge in [0.1, 0.15) is 11.5 Å². The highest BCUT2D eigenvalue weighted by molar-refractivity contribution is 5.75. The van der Waals surface area contributed by atoms with Gasteiger partial charge in [-0.25, -0.2) is 0 Å². The first-order valence-corrected chi connectivity index (χ1v) is 11.9. The first kappa shape index (κ1) is 26.5. The van der Waals surface area contributed by atoms with Crippen LogP contribution in [0.5, 0.6) is 11.5 Å². The summed E-state index contributed by atoms with van der Waals surface area (Å²) in [5.41, 5.74) is 4.94. The smallest absolute Gasteiger partial charge is 0.212 e. The number of aromatic nitrogens is 2. The Labute approximate surface area is 238 Å². The number of hydrogen-bond donors (Lipinski definition) is 0. The Bertz CT molecular complexity index is 1480. The second kappa shape index (κ2) is 12.1. The Balaban J connectivity index is 0.00000160. The van der Waals surface area contributed by atoms with Crippen molar-refractivity contribution in [3.05, 3.63) is 145 Å². The summed E-state index contributed by atoms with van der Waals surface area (Å²) >= 11 is 0. The van der Waals surface area contributed by atoms with Gasteiger partial charge in [-0.3, -0.25) is 0 Å². The lowest BCUT2D eigenvalue weighted by Gasteiger charge is -2.08. The maximum atomic E-state index is 6.12. The summed E-state index contributed by atoms with van der Waals surface area (Å²) < 4.78 is 10.7. The van der Waals surface area contributed by atoms with Crippen molar-refractivity contribution in [2.75, 3.05) is 0 Å². The molecule has 3 nitrogen and oxygen atoms in total. The van der Waals surface area contributed by atoms with Crippen LogP contribution in [0.3, 0.4) is 0 Å². The molecule has 4 aromatic carbocycles. The topological polar surface area (TPSA) is 17.0 Å². The molecule has 0 saturated heterocycles. The molecular weight excluding hydrogens is 588 g/mol.